The molecule has 0 radical (unpaired) electrons. The van der Waals surface area contributed by atoms with Crippen LogP contribution in [-0.2, 0) is 23.8 Å². The van der Waals surface area contributed by atoms with Crippen molar-refractivity contribution in [2.75, 3.05) is 7.11 Å². The number of methoxy groups -OCH3 is 1. The molecule has 1 aliphatic carbocycles. The van der Waals surface area contributed by atoms with E-state index in [1.807, 2.05) is 26.8 Å². The van der Waals surface area contributed by atoms with Gasteiger partial charge in [-0.2, -0.15) is 0 Å². The van der Waals surface area contributed by atoms with Gasteiger partial charge in [-0.15, -0.1) is 0 Å². The number of ketones is 1. The van der Waals surface area contributed by atoms with Crippen LogP contribution >= 0.6 is 0 Å². The largest absolute Gasteiger partial charge is 0.508 e. The van der Waals surface area contributed by atoms with Gasteiger partial charge in [-0.25, -0.2) is 4.79 Å². The first-order valence-electron chi connectivity index (χ1n) is 8.74. The lowest BCUT2D eigenvalue weighted by atomic mass is 9.69. The summed E-state index contributed by atoms with van der Waals surface area (Å²) in [5.41, 5.74) is 1.27. The van der Waals surface area contributed by atoms with Gasteiger partial charge in [0.25, 0.3) is 0 Å². The Morgan fingerprint density at radius 2 is 2.08 bits per heavy atom. The van der Waals surface area contributed by atoms with Crippen LogP contribution in [0.25, 0.3) is 0 Å². The van der Waals surface area contributed by atoms with Crippen LogP contribution in [0.2, 0.25) is 0 Å². The highest BCUT2D eigenvalue weighted by Gasteiger charge is 2.55. The van der Waals surface area contributed by atoms with Gasteiger partial charge in [-0.1, -0.05) is 17.2 Å². The van der Waals surface area contributed by atoms with Crippen LogP contribution < -0.4 is 0 Å². The molecule has 6 heteroatoms. The van der Waals surface area contributed by atoms with Crippen molar-refractivity contribution in [3.63, 3.8) is 0 Å². The molecule has 0 aromatic carbocycles. The van der Waals surface area contributed by atoms with E-state index in [0.29, 0.717) is 0 Å². The average Bonchev–Trinajstić information content (AvgIpc) is 2.86. The van der Waals surface area contributed by atoms with Crippen molar-refractivity contribution in [3.8, 4) is 0 Å². The molecule has 0 bridgehead atoms. The number of rotatable bonds is 5. The smallest absolute Gasteiger partial charge is 0.457 e. The highest BCUT2D eigenvalue weighted by atomic mass is 16.7. The van der Waals surface area contributed by atoms with Crippen molar-refractivity contribution in [1.29, 1.82) is 0 Å². The first kappa shape index (κ1) is 19.9. The van der Waals surface area contributed by atoms with Gasteiger partial charge in [0, 0.05) is 6.42 Å². The molecule has 1 unspecified atom stereocenters. The number of ether oxygens (including phenoxy) is 3. The topological polar surface area (TPSA) is 78.9 Å². The van der Waals surface area contributed by atoms with E-state index >= 15 is 0 Å². The Morgan fingerprint density at radius 1 is 1.35 bits per heavy atom. The Kier molecular flexibility index (Phi) is 6.40. The summed E-state index contributed by atoms with van der Waals surface area (Å²) >= 11 is 0. The molecule has 0 aromatic rings. The summed E-state index contributed by atoms with van der Waals surface area (Å²) in [7, 11) is 1.22. The molecule has 1 spiro atoms. The molecule has 3 atom stereocenters. The van der Waals surface area contributed by atoms with Crippen molar-refractivity contribution in [1.82, 2.24) is 0 Å². The second kappa shape index (κ2) is 8.34. The second-order valence-corrected chi connectivity index (χ2v) is 7.11. The van der Waals surface area contributed by atoms with Crippen LogP contribution in [0.15, 0.2) is 35.5 Å². The van der Waals surface area contributed by atoms with Crippen LogP contribution in [-0.4, -0.2) is 37.2 Å². The summed E-state index contributed by atoms with van der Waals surface area (Å²) in [6, 6.07) is 0. The Morgan fingerprint density at radius 3 is 2.73 bits per heavy atom. The minimum absolute atomic E-state index is 0.0143. The third kappa shape index (κ3) is 4.62. The van der Waals surface area contributed by atoms with Crippen molar-refractivity contribution >= 4 is 17.9 Å². The zero-order chi connectivity index (χ0) is 19.3. The van der Waals surface area contributed by atoms with Crippen molar-refractivity contribution < 1.29 is 28.6 Å². The minimum atomic E-state index is -1.03. The molecule has 26 heavy (non-hydrogen) atoms. The lowest BCUT2D eigenvalue weighted by Crippen LogP contribution is -2.43. The van der Waals surface area contributed by atoms with E-state index in [4.69, 9.17) is 9.47 Å². The fraction of sp³-hybridized carbons (Fsp3) is 0.550. The zero-order valence-electron chi connectivity index (χ0n) is 15.7. The highest BCUT2D eigenvalue weighted by molar-refractivity contribution is 6.00. The molecule has 0 amide bonds. The second-order valence-electron chi connectivity index (χ2n) is 7.11. The summed E-state index contributed by atoms with van der Waals surface area (Å²) in [6.45, 7) is 6.05. The van der Waals surface area contributed by atoms with Crippen LogP contribution in [0.1, 0.15) is 46.5 Å². The quantitative estimate of drug-likeness (QED) is 0.548. The molecule has 6 nitrogen and oxygen atoms in total. The zero-order valence-corrected chi connectivity index (χ0v) is 15.7. The number of esters is 1. The van der Waals surface area contributed by atoms with E-state index in [2.05, 4.69) is 10.8 Å². The number of hydrogen-bond donors (Lipinski definition) is 0. The van der Waals surface area contributed by atoms with Crippen LogP contribution in [0.4, 0.5) is 4.79 Å². The normalized spacial score (nSPS) is 28.1. The number of cyclic esters (lactones) is 1. The third-order valence-corrected chi connectivity index (χ3v) is 4.72. The van der Waals surface area contributed by atoms with Gasteiger partial charge in [-0.05, 0) is 51.8 Å². The van der Waals surface area contributed by atoms with Crippen molar-refractivity contribution in [2.45, 2.75) is 58.7 Å². The summed E-state index contributed by atoms with van der Waals surface area (Å²) in [5, 5.41) is 0. The molecule has 2 rings (SSSR count). The Bertz CT molecular complexity index is 668. The highest BCUT2D eigenvalue weighted by Crippen LogP contribution is 2.45. The Hall–Kier alpha value is -2.37. The predicted octanol–water partition coefficient (Wildman–Crippen LogP) is 3.66. The number of carbonyl (C=O) groups is 3. The Labute approximate surface area is 153 Å². The van der Waals surface area contributed by atoms with Gasteiger partial charge in [0.15, 0.2) is 5.78 Å². The average molecular weight is 362 g/mol. The van der Waals surface area contributed by atoms with Gasteiger partial charge in [0.1, 0.15) is 12.2 Å². The Balaban J connectivity index is 2.19. The van der Waals surface area contributed by atoms with E-state index < -0.39 is 29.7 Å². The SMILES string of the molecule is COC(=O)O[C@@H]1C=CC(=O)C2(CC(=O)O[C@@H]2/C=C(\C)CCC=C(C)C)C1. The van der Waals surface area contributed by atoms with Gasteiger partial charge < -0.3 is 14.2 Å². The maximum Gasteiger partial charge on any atom is 0.508 e. The summed E-state index contributed by atoms with van der Waals surface area (Å²) in [4.78, 5) is 36.0. The number of hydrogen-bond acceptors (Lipinski definition) is 6. The molecule has 1 saturated heterocycles. The van der Waals surface area contributed by atoms with E-state index in [9.17, 15) is 14.4 Å². The van der Waals surface area contributed by atoms with E-state index in [-0.39, 0.29) is 18.6 Å². The monoisotopic (exact) mass is 362 g/mol. The van der Waals surface area contributed by atoms with Crippen LogP contribution in [0.5, 0.6) is 0 Å². The van der Waals surface area contributed by atoms with E-state index in [1.54, 1.807) is 0 Å². The summed E-state index contributed by atoms with van der Waals surface area (Å²) in [6.07, 6.45) is 6.69. The molecule has 1 heterocycles. The molecule has 0 saturated carbocycles. The molecule has 0 N–H and O–H groups in total. The first-order chi connectivity index (χ1) is 12.3. The maximum atomic E-state index is 12.6. The van der Waals surface area contributed by atoms with E-state index in [1.165, 1.54) is 24.8 Å². The molecule has 142 valence electrons. The lowest BCUT2D eigenvalue weighted by molar-refractivity contribution is -0.140. The van der Waals surface area contributed by atoms with Gasteiger partial charge in [-0.3, -0.25) is 9.59 Å². The molecular formula is C20H26O6. The molecule has 0 aromatic heterocycles. The van der Waals surface area contributed by atoms with Crippen molar-refractivity contribution in [3.05, 3.63) is 35.5 Å². The fourth-order valence-electron chi connectivity index (χ4n) is 3.33. The van der Waals surface area contributed by atoms with Gasteiger partial charge in [0.05, 0.1) is 18.9 Å². The third-order valence-electron chi connectivity index (χ3n) is 4.72. The van der Waals surface area contributed by atoms with Gasteiger partial charge in [0.2, 0.25) is 0 Å². The first-order valence-corrected chi connectivity index (χ1v) is 8.74. The number of carbonyl (C=O) groups excluding carboxylic acids is 3. The molecule has 1 fully saturated rings. The van der Waals surface area contributed by atoms with Crippen LogP contribution in [0.3, 0.4) is 0 Å². The van der Waals surface area contributed by atoms with Crippen LogP contribution in [0, 0.1) is 5.41 Å². The standard InChI is InChI=1S/C20H26O6/c1-13(2)6-5-7-14(3)10-17-20(12-18(22)26-17)11-15(8-9-16(20)21)25-19(23)24-4/h6,8-10,15,17H,5,7,11-12H2,1-4H3/b14-10+/t15-,17-,20?/m1/s1. The molecule has 1 aliphatic heterocycles. The number of allylic oxidation sites excluding steroid dienone is 4. The fourth-order valence-corrected chi connectivity index (χ4v) is 3.33. The lowest BCUT2D eigenvalue weighted by Gasteiger charge is -2.34. The summed E-state index contributed by atoms with van der Waals surface area (Å²) < 4.78 is 15.1. The maximum absolute atomic E-state index is 12.6. The predicted molar refractivity (Wildman–Crippen MR) is 95.4 cm³/mol. The van der Waals surface area contributed by atoms with Crippen molar-refractivity contribution in [2.24, 2.45) is 5.41 Å². The molecule has 2 aliphatic rings. The summed E-state index contributed by atoms with van der Waals surface area (Å²) in [5.74, 6) is -0.588. The van der Waals surface area contributed by atoms with E-state index in [0.717, 1.165) is 18.4 Å². The van der Waals surface area contributed by atoms with Gasteiger partial charge >= 0.3 is 12.1 Å². The molecular weight excluding hydrogens is 336 g/mol. The minimum Gasteiger partial charge on any atom is -0.457 e.